The summed E-state index contributed by atoms with van der Waals surface area (Å²) in [7, 11) is 5.48. The number of pyridine rings is 1. The monoisotopic (exact) mass is 489 g/mol. The highest BCUT2D eigenvalue weighted by atomic mass is 16.5. The average molecular weight is 490 g/mol. The highest BCUT2D eigenvalue weighted by Gasteiger charge is 2.30. The minimum atomic E-state index is -1.21. The number of rotatable bonds is 4. The molecule has 0 radical (unpaired) electrons. The molecule has 5 rings (SSSR count). The van der Waals surface area contributed by atoms with Crippen LogP contribution >= 0.6 is 0 Å². The number of carbonyl (C=O) groups is 3. The molecule has 3 aromatic rings. The molecule has 0 aliphatic carbocycles. The van der Waals surface area contributed by atoms with Crippen LogP contribution in [0.25, 0.3) is 17.1 Å². The van der Waals surface area contributed by atoms with Gasteiger partial charge in [0.25, 0.3) is 0 Å². The summed E-state index contributed by atoms with van der Waals surface area (Å²) in [4.78, 5) is 44.9. The number of ketones is 1. The van der Waals surface area contributed by atoms with E-state index in [-0.39, 0.29) is 23.4 Å². The molecule has 10 heteroatoms. The zero-order chi connectivity index (χ0) is 25.6. The van der Waals surface area contributed by atoms with E-state index >= 15 is 0 Å². The number of hydrogen-bond donors (Lipinski definition) is 2. The first kappa shape index (κ1) is 23.4. The third kappa shape index (κ3) is 4.15. The summed E-state index contributed by atoms with van der Waals surface area (Å²) >= 11 is 0. The summed E-state index contributed by atoms with van der Waals surface area (Å²) in [5, 5.41) is 12.1. The van der Waals surface area contributed by atoms with Crippen LogP contribution in [0, 0.1) is 5.92 Å². The number of nitrogens with one attached hydrogen (secondary N) is 1. The zero-order valence-electron chi connectivity index (χ0n) is 20.3. The first-order valence-electron chi connectivity index (χ1n) is 11.7. The molecule has 0 bridgehead atoms. The molecular formula is C26H27N5O5. The quantitative estimate of drug-likeness (QED) is 0.538. The van der Waals surface area contributed by atoms with Crippen molar-refractivity contribution < 1.29 is 24.2 Å². The van der Waals surface area contributed by atoms with Gasteiger partial charge in [-0.2, -0.15) is 0 Å². The summed E-state index contributed by atoms with van der Waals surface area (Å²) in [5.41, 5.74) is 3.17. The molecule has 0 atom stereocenters. The second-order valence-corrected chi connectivity index (χ2v) is 9.30. The topological polar surface area (TPSA) is 117 Å². The Balaban J connectivity index is 1.47. The predicted molar refractivity (Wildman–Crippen MR) is 135 cm³/mol. The molecule has 10 nitrogen and oxygen atoms in total. The first-order chi connectivity index (χ1) is 17.2. The molecule has 36 heavy (non-hydrogen) atoms. The van der Waals surface area contributed by atoms with Crippen molar-refractivity contribution >= 4 is 46.3 Å². The van der Waals surface area contributed by atoms with Crippen molar-refractivity contribution in [2.45, 2.75) is 12.8 Å². The Morgan fingerprint density at radius 3 is 2.67 bits per heavy atom. The van der Waals surface area contributed by atoms with Crippen molar-refractivity contribution in [2.24, 2.45) is 13.0 Å². The van der Waals surface area contributed by atoms with Crippen molar-refractivity contribution in [1.29, 1.82) is 0 Å². The fourth-order valence-electron chi connectivity index (χ4n) is 4.96. The molecule has 1 saturated heterocycles. The lowest BCUT2D eigenvalue weighted by Crippen LogP contribution is -2.40. The van der Waals surface area contributed by atoms with Gasteiger partial charge in [-0.3, -0.25) is 14.9 Å². The van der Waals surface area contributed by atoms with Crippen molar-refractivity contribution in [2.75, 3.05) is 37.4 Å². The maximum absolute atomic E-state index is 13.1. The Kier molecular flexibility index (Phi) is 5.87. The van der Waals surface area contributed by atoms with Gasteiger partial charge >= 0.3 is 6.09 Å². The van der Waals surface area contributed by atoms with Crippen molar-refractivity contribution in [3.8, 4) is 5.75 Å². The third-order valence-corrected chi connectivity index (χ3v) is 6.70. The van der Waals surface area contributed by atoms with Gasteiger partial charge in [0.2, 0.25) is 11.7 Å². The standard InChI is InChI=1S/C26H27N5O5/c1-29(2)25(33)15-7-10-31(11-8-15)19-6-9-27-24-22(19)16(14-30(24)3)12-21-23(32)18-13-17(28-26(34)35)4-5-20(18)36-21/h4-6,9,12-15,28H,7-8,10-11H2,1-3H3,(H,34,35). The third-order valence-electron chi connectivity index (χ3n) is 6.70. The molecule has 1 aromatic carbocycles. The average Bonchev–Trinajstić information content (AvgIpc) is 3.34. The first-order valence-corrected chi connectivity index (χ1v) is 11.7. The number of piperidine rings is 1. The number of allylic oxidation sites excluding steroid dienone is 1. The lowest BCUT2D eigenvalue weighted by Gasteiger charge is -2.34. The second-order valence-electron chi connectivity index (χ2n) is 9.30. The number of hydrogen-bond acceptors (Lipinski definition) is 6. The van der Waals surface area contributed by atoms with Crippen LogP contribution in [0.1, 0.15) is 28.8 Å². The lowest BCUT2D eigenvalue weighted by atomic mass is 9.95. The molecule has 1 fully saturated rings. The van der Waals surface area contributed by atoms with Crippen LogP contribution in [0.3, 0.4) is 0 Å². The number of anilines is 2. The molecule has 2 aliphatic rings. The van der Waals surface area contributed by atoms with E-state index in [0.29, 0.717) is 17.0 Å². The minimum absolute atomic E-state index is 0.0227. The maximum atomic E-state index is 13.1. The number of Topliss-reactive ketones (excluding diaryl/α,β-unsaturated/α-hetero) is 1. The van der Waals surface area contributed by atoms with Crippen molar-refractivity contribution in [3.63, 3.8) is 0 Å². The van der Waals surface area contributed by atoms with E-state index in [2.05, 4.69) is 15.2 Å². The van der Waals surface area contributed by atoms with Crippen LogP contribution in [-0.4, -0.2) is 64.5 Å². The molecule has 186 valence electrons. The number of ether oxygens (including phenoxy) is 1. The van der Waals surface area contributed by atoms with Crippen LogP contribution in [0.15, 0.2) is 42.4 Å². The summed E-state index contributed by atoms with van der Waals surface area (Å²) in [6.45, 7) is 1.49. The fourth-order valence-corrected chi connectivity index (χ4v) is 4.96. The SMILES string of the molecule is CN(C)C(=O)C1CCN(c2ccnc3c2c(C=C2Oc4ccc(NC(=O)O)cc4C2=O)cn3C)CC1. The van der Waals surface area contributed by atoms with Crippen LogP contribution in [0.2, 0.25) is 0 Å². The Hall–Kier alpha value is -4.34. The summed E-state index contributed by atoms with van der Waals surface area (Å²) in [5.74, 6) is 0.417. The summed E-state index contributed by atoms with van der Waals surface area (Å²) in [6, 6.07) is 6.57. The van der Waals surface area contributed by atoms with Gasteiger partial charge < -0.3 is 24.2 Å². The fraction of sp³-hybridized carbons (Fsp3) is 0.308. The minimum Gasteiger partial charge on any atom is -0.465 e. The number of carboxylic acid groups (broad SMARTS) is 1. The van der Waals surface area contributed by atoms with Crippen LogP contribution in [0.4, 0.5) is 16.2 Å². The van der Waals surface area contributed by atoms with Gasteiger partial charge in [0, 0.05) is 74.9 Å². The van der Waals surface area contributed by atoms with Gasteiger partial charge in [-0.15, -0.1) is 0 Å². The normalized spacial score (nSPS) is 16.8. The number of aryl methyl sites for hydroxylation is 1. The van der Waals surface area contributed by atoms with E-state index < -0.39 is 6.09 Å². The zero-order valence-corrected chi connectivity index (χ0v) is 20.3. The maximum Gasteiger partial charge on any atom is 0.409 e. The van der Waals surface area contributed by atoms with Gasteiger partial charge in [0.1, 0.15) is 11.4 Å². The molecule has 0 unspecified atom stereocenters. The van der Waals surface area contributed by atoms with Crippen LogP contribution < -0.4 is 15.0 Å². The Labute approximate surface area is 207 Å². The van der Waals surface area contributed by atoms with Gasteiger partial charge in [0.15, 0.2) is 5.76 Å². The number of carbonyl (C=O) groups excluding carboxylic acids is 2. The summed E-state index contributed by atoms with van der Waals surface area (Å²) in [6.07, 6.45) is 5.73. The van der Waals surface area contributed by atoms with E-state index in [0.717, 1.165) is 48.2 Å². The highest BCUT2D eigenvalue weighted by Crippen LogP contribution is 2.37. The highest BCUT2D eigenvalue weighted by molar-refractivity contribution is 6.16. The lowest BCUT2D eigenvalue weighted by molar-refractivity contribution is -0.133. The van der Waals surface area contributed by atoms with E-state index in [9.17, 15) is 14.4 Å². The molecule has 2 N–H and O–H groups in total. The number of fused-ring (bicyclic) bond motifs is 2. The largest absolute Gasteiger partial charge is 0.465 e. The Morgan fingerprint density at radius 2 is 1.97 bits per heavy atom. The molecule has 2 aromatic heterocycles. The second kappa shape index (κ2) is 9.03. The number of benzene rings is 1. The molecule has 4 heterocycles. The number of aromatic nitrogens is 2. The molecule has 0 spiro atoms. The molecule has 0 saturated carbocycles. The summed E-state index contributed by atoms with van der Waals surface area (Å²) < 4.78 is 7.75. The van der Waals surface area contributed by atoms with Gasteiger partial charge in [-0.1, -0.05) is 0 Å². The van der Waals surface area contributed by atoms with E-state index in [4.69, 9.17) is 9.84 Å². The van der Waals surface area contributed by atoms with Gasteiger partial charge in [-0.05, 0) is 43.2 Å². The van der Waals surface area contributed by atoms with Gasteiger partial charge in [0.05, 0.1) is 5.56 Å². The molecular weight excluding hydrogens is 462 g/mol. The van der Waals surface area contributed by atoms with Crippen molar-refractivity contribution in [3.05, 3.63) is 53.5 Å². The Morgan fingerprint density at radius 1 is 1.22 bits per heavy atom. The van der Waals surface area contributed by atoms with Crippen molar-refractivity contribution in [1.82, 2.24) is 14.5 Å². The van der Waals surface area contributed by atoms with E-state index in [1.54, 1.807) is 43.4 Å². The van der Waals surface area contributed by atoms with Crippen LogP contribution in [0.5, 0.6) is 5.75 Å². The van der Waals surface area contributed by atoms with Gasteiger partial charge in [-0.25, -0.2) is 9.78 Å². The molecule has 2 amide bonds. The Bertz CT molecular complexity index is 1420. The van der Waals surface area contributed by atoms with E-state index in [1.807, 2.05) is 23.9 Å². The number of amides is 2. The van der Waals surface area contributed by atoms with Crippen LogP contribution in [-0.2, 0) is 11.8 Å². The predicted octanol–water partition coefficient (Wildman–Crippen LogP) is 3.58. The molecule has 2 aliphatic heterocycles. The number of nitrogens with zero attached hydrogens (tertiary/aromatic N) is 4. The smallest absolute Gasteiger partial charge is 0.409 e. The van der Waals surface area contributed by atoms with E-state index in [1.165, 1.54) is 6.07 Å².